The molecule has 19 heavy (non-hydrogen) atoms. The van der Waals surface area contributed by atoms with Crippen LogP contribution in [0.25, 0.3) is 0 Å². The van der Waals surface area contributed by atoms with Gasteiger partial charge < -0.3 is 10.2 Å². The molecule has 0 amide bonds. The highest BCUT2D eigenvalue weighted by molar-refractivity contribution is 4.97. The van der Waals surface area contributed by atoms with E-state index in [9.17, 15) is 0 Å². The van der Waals surface area contributed by atoms with Gasteiger partial charge in [0.2, 0.25) is 0 Å². The van der Waals surface area contributed by atoms with Crippen molar-refractivity contribution in [2.45, 2.75) is 51.1 Å². The monoisotopic (exact) mass is 262 g/mol. The van der Waals surface area contributed by atoms with Crippen LogP contribution >= 0.6 is 0 Å². The van der Waals surface area contributed by atoms with E-state index in [1.807, 2.05) is 0 Å². The molecule has 2 aliphatic heterocycles. The molecular weight excluding hydrogens is 236 g/mol. The van der Waals surface area contributed by atoms with Gasteiger partial charge in [0, 0.05) is 25.3 Å². The maximum absolute atomic E-state index is 4.58. The van der Waals surface area contributed by atoms with Crippen LogP contribution in [0.4, 0.5) is 0 Å². The van der Waals surface area contributed by atoms with Crippen molar-refractivity contribution in [3.8, 4) is 0 Å². The summed E-state index contributed by atoms with van der Waals surface area (Å²) in [6, 6.07) is 3.55. The summed E-state index contributed by atoms with van der Waals surface area (Å²) < 4.78 is 2.18. The van der Waals surface area contributed by atoms with E-state index in [2.05, 4.69) is 39.2 Å². The van der Waals surface area contributed by atoms with Crippen molar-refractivity contribution in [1.82, 2.24) is 20.0 Å². The molecule has 1 N–H and O–H groups in total. The highest BCUT2D eigenvalue weighted by Crippen LogP contribution is 2.25. The summed E-state index contributed by atoms with van der Waals surface area (Å²) in [5.74, 6) is 0. The summed E-state index contributed by atoms with van der Waals surface area (Å²) in [5, 5.41) is 8.09. The van der Waals surface area contributed by atoms with Crippen molar-refractivity contribution in [2.24, 2.45) is 0 Å². The minimum Gasteiger partial charge on any atom is -0.317 e. The van der Waals surface area contributed by atoms with Crippen LogP contribution in [0.3, 0.4) is 0 Å². The van der Waals surface area contributed by atoms with Gasteiger partial charge in [0.25, 0.3) is 0 Å². The van der Waals surface area contributed by atoms with Crippen LogP contribution in [0, 0.1) is 6.92 Å². The maximum atomic E-state index is 4.58. The van der Waals surface area contributed by atoms with Gasteiger partial charge in [-0.25, -0.2) is 0 Å². The molecule has 3 rings (SSSR count). The zero-order chi connectivity index (χ0) is 13.1. The fourth-order valence-electron chi connectivity index (χ4n) is 3.52. The topological polar surface area (TPSA) is 33.1 Å². The first kappa shape index (κ1) is 13.1. The maximum Gasteiger partial charge on any atom is 0.0593 e. The summed E-state index contributed by atoms with van der Waals surface area (Å²) in [7, 11) is 0. The quantitative estimate of drug-likeness (QED) is 0.884. The normalized spacial score (nSPS) is 27.3. The minimum absolute atomic E-state index is 0.619. The summed E-state index contributed by atoms with van der Waals surface area (Å²) in [5.41, 5.74) is 1.14. The molecule has 0 bridgehead atoms. The molecule has 4 heteroatoms. The third-order valence-electron chi connectivity index (χ3n) is 4.68. The molecule has 0 aliphatic carbocycles. The number of nitrogens with zero attached hydrogens (tertiary/aromatic N) is 3. The molecule has 1 atom stereocenters. The molecule has 2 saturated heterocycles. The molecule has 1 aromatic heterocycles. The zero-order valence-electron chi connectivity index (χ0n) is 12.0. The number of aryl methyl sites for hydroxylation is 1. The lowest BCUT2D eigenvalue weighted by Crippen LogP contribution is -2.42. The third kappa shape index (κ3) is 3.18. The number of piperidine rings is 1. The van der Waals surface area contributed by atoms with E-state index in [0.29, 0.717) is 6.04 Å². The van der Waals surface area contributed by atoms with E-state index >= 15 is 0 Å². The molecule has 106 valence electrons. The van der Waals surface area contributed by atoms with Crippen molar-refractivity contribution in [3.05, 3.63) is 18.0 Å². The Morgan fingerprint density at radius 3 is 2.68 bits per heavy atom. The Morgan fingerprint density at radius 2 is 1.95 bits per heavy atom. The van der Waals surface area contributed by atoms with Crippen molar-refractivity contribution >= 4 is 0 Å². The van der Waals surface area contributed by atoms with Crippen LogP contribution in [0.15, 0.2) is 12.3 Å². The molecule has 0 aromatic carbocycles. The SMILES string of the molecule is Cc1ccn(C2CCN(C3CCCNCC3)CC2)n1. The first-order valence-corrected chi connectivity index (χ1v) is 7.79. The molecule has 0 radical (unpaired) electrons. The minimum atomic E-state index is 0.619. The Kier molecular flexibility index (Phi) is 4.18. The van der Waals surface area contributed by atoms with Gasteiger partial charge in [0.15, 0.2) is 0 Å². The van der Waals surface area contributed by atoms with Crippen LogP contribution in [-0.2, 0) is 0 Å². The number of nitrogens with one attached hydrogen (secondary N) is 1. The van der Waals surface area contributed by atoms with Crippen molar-refractivity contribution < 1.29 is 0 Å². The molecule has 3 heterocycles. The molecule has 2 aliphatic rings. The molecule has 2 fully saturated rings. The lowest BCUT2D eigenvalue weighted by atomic mass is 10.00. The Balaban J connectivity index is 1.54. The van der Waals surface area contributed by atoms with Gasteiger partial charge in [-0.3, -0.25) is 4.68 Å². The molecule has 4 nitrogen and oxygen atoms in total. The average molecular weight is 262 g/mol. The van der Waals surface area contributed by atoms with E-state index < -0.39 is 0 Å². The fourth-order valence-corrected chi connectivity index (χ4v) is 3.52. The number of hydrogen-bond acceptors (Lipinski definition) is 3. The summed E-state index contributed by atoms with van der Waals surface area (Å²) in [6.07, 6.45) is 8.69. The van der Waals surface area contributed by atoms with Crippen LogP contribution < -0.4 is 5.32 Å². The summed E-state index contributed by atoms with van der Waals surface area (Å²) >= 11 is 0. The van der Waals surface area contributed by atoms with Crippen LogP contribution in [-0.4, -0.2) is 46.9 Å². The van der Waals surface area contributed by atoms with E-state index in [-0.39, 0.29) is 0 Å². The number of aromatic nitrogens is 2. The lowest BCUT2D eigenvalue weighted by molar-refractivity contribution is 0.122. The Labute approximate surface area is 116 Å². The zero-order valence-corrected chi connectivity index (χ0v) is 12.0. The van der Waals surface area contributed by atoms with Gasteiger partial charge in [-0.2, -0.15) is 5.10 Å². The first-order valence-electron chi connectivity index (χ1n) is 7.79. The van der Waals surface area contributed by atoms with E-state index in [1.54, 1.807) is 0 Å². The second-order valence-corrected chi connectivity index (χ2v) is 6.04. The standard InChI is InChI=1S/C15H26N4/c1-13-5-12-19(17-13)15-6-10-18(11-7-15)14-3-2-8-16-9-4-14/h5,12,14-16H,2-4,6-11H2,1H3. The third-order valence-corrected chi connectivity index (χ3v) is 4.68. The number of likely N-dealkylation sites (tertiary alicyclic amines) is 1. The largest absolute Gasteiger partial charge is 0.317 e. The molecule has 1 aromatic rings. The summed E-state index contributed by atoms with van der Waals surface area (Å²) in [6.45, 7) is 6.97. The Hall–Kier alpha value is -0.870. The Morgan fingerprint density at radius 1 is 1.11 bits per heavy atom. The number of rotatable bonds is 2. The van der Waals surface area contributed by atoms with Gasteiger partial charge in [-0.05, 0) is 58.2 Å². The van der Waals surface area contributed by atoms with Gasteiger partial charge >= 0.3 is 0 Å². The van der Waals surface area contributed by atoms with E-state index in [1.165, 1.54) is 58.3 Å². The Bertz CT molecular complexity index is 385. The van der Waals surface area contributed by atoms with E-state index in [4.69, 9.17) is 0 Å². The van der Waals surface area contributed by atoms with Gasteiger partial charge in [0.05, 0.1) is 11.7 Å². The predicted molar refractivity (Wildman–Crippen MR) is 77.3 cm³/mol. The predicted octanol–water partition coefficient (Wildman–Crippen LogP) is 1.97. The molecule has 0 spiro atoms. The van der Waals surface area contributed by atoms with Gasteiger partial charge in [-0.15, -0.1) is 0 Å². The average Bonchev–Trinajstić information content (AvgIpc) is 2.72. The van der Waals surface area contributed by atoms with Crippen molar-refractivity contribution in [3.63, 3.8) is 0 Å². The van der Waals surface area contributed by atoms with Crippen molar-refractivity contribution in [1.29, 1.82) is 0 Å². The van der Waals surface area contributed by atoms with Gasteiger partial charge in [-0.1, -0.05) is 0 Å². The lowest BCUT2D eigenvalue weighted by Gasteiger charge is -2.37. The van der Waals surface area contributed by atoms with Crippen LogP contribution in [0.2, 0.25) is 0 Å². The number of hydrogen-bond donors (Lipinski definition) is 1. The smallest absolute Gasteiger partial charge is 0.0593 e. The van der Waals surface area contributed by atoms with Gasteiger partial charge in [0.1, 0.15) is 0 Å². The first-order chi connectivity index (χ1) is 9.33. The molecule has 1 unspecified atom stereocenters. The fraction of sp³-hybridized carbons (Fsp3) is 0.800. The van der Waals surface area contributed by atoms with Crippen LogP contribution in [0.5, 0.6) is 0 Å². The van der Waals surface area contributed by atoms with Crippen molar-refractivity contribution in [2.75, 3.05) is 26.2 Å². The second kappa shape index (κ2) is 6.06. The molecule has 0 saturated carbocycles. The van der Waals surface area contributed by atoms with Crippen LogP contribution in [0.1, 0.15) is 43.8 Å². The van der Waals surface area contributed by atoms with E-state index in [0.717, 1.165) is 11.7 Å². The molecular formula is C15H26N4. The highest BCUT2D eigenvalue weighted by atomic mass is 15.3. The second-order valence-electron chi connectivity index (χ2n) is 6.04. The summed E-state index contributed by atoms with van der Waals surface area (Å²) in [4.78, 5) is 2.72. The highest BCUT2D eigenvalue weighted by Gasteiger charge is 2.26.